The third kappa shape index (κ3) is 3.84. The van der Waals surface area contributed by atoms with E-state index in [1.807, 2.05) is 36.9 Å². The standard InChI is InChI=1S/C17H24N2O2/c1-13-6-7-16(12-14(13)2)19(15(3)20)11-8-17(21)18-9-4-5-10-18/h6-7,12H,4-5,8-11H2,1-3H3. The second-order valence-corrected chi connectivity index (χ2v) is 5.78. The van der Waals surface area contributed by atoms with Crippen molar-refractivity contribution in [2.75, 3.05) is 24.5 Å². The zero-order chi connectivity index (χ0) is 15.4. The fourth-order valence-corrected chi connectivity index (χ4v) is 2.69. The normalized spacial score (nSPS) is 14.3. The molecule has 114 valence electrons. The molecule has 0 aliphatic carbocycles. The van der Waals surface area contributed by atoms with Gasteiger partial charge >= 0.3 is 0 Å². The highest BCUT2D eigenvalue weighted by molar-refractivity contribution is 5.92. The number of anilines is 1. The predicted molar refractivity (Wildman–Crippen MR) is 84.4 cm³/mol. The highest BCUT2D eigenvalue weighted by atomic mass is 16.2. The Kier molecular flexibility index (Phi) is 4.99. The Morgan fingerprint density at radius 2 is 1.81 bits per heavy atom. The van der Waals surface area contributed by atoms with Crippen molar-refractivity contribution in [2.45, 2.75) is 40.0 Å². The highest BCUT2D eigenvalue weighted by Crippen LogP contribution is 2.20. The van der Waals surface area contributed by atoms with Gasteiger partial charge in [-0.1, -0.05) is 6.07 Å². The lowest BCUT2D eigenvalue weighted by Crippen LogP contribution is -2.35. The maximum absolute atomic E-state index is 12.1. The molecule has 1 saturated heterocycles. The fraction of sp³-hybridized carbons (Fsp3) is 0.529. The van der Waals surface area contributed by atoms with E-state index in [1.54, 1.807) is 11.8 Å². The van der Waals surface area contributed by atoms with Crippen molar-refractivity contribution in [2.24, 2.45) is 0 Å². The molecule has 4 nitrogen and oxygen atoms in total. The molecule has 0 saturated carbocycles. The third-order valence-corrected chi connectivity index (χ3v) is 4.19. The summed E-state index contributed by atoms with van der Waals surface area (Å²) in [6, 6.07) is 5.98. The average molecular weight is 288 g/mol. The topological polar surface area (TPSA) is 40.6 Å². The van der Waals surface area contributed by atoms with Gasteiger partial charge in [-0.2, -0.15) is 0 Å². The lowest BCUT2D eigenvalue weighted by molar-refractivity contribution is -0.129. The first kappa shape index (κ1) is 15.5. The Morgan fingerprint density at radius 3 is 2.38 bits per heavy atom. The Bertz CT molecular complexity index is 534. The van der Waals surface area contributed by atoms with Crippen molar-refractivity contribution in [3.63, 3.8) is 0 Å². The van der Waals surface area contributed by atoms with Crippen LogP contribution in [-0.2, 0) is 9.59 Å². The van der Waals surface area contributed by atoms with Crippen LogP contribution in [0.25, 0.3) is 0 Å². The van der Waals surface area contributed by atoms with Gasteiger partial charge in [0, 0.05) is 38.7 Å². The smallest absolute Gasteiger partial charge is 0.224 e. The molecule has 1 aliphatic heterocycles. The van der Waals surface area contributed by atoms with E-state index in [0.29, 0.717) is 13.0 Å². The van der Waals surface area contributed by atoms with Crippen LogP contribution in [0.1, 0.15) is 37.3 Å². The second kappa shape index (κ2) is 6.74. The first-order valence-corrected chi connectivity index (χ1v) is 7.62. The van der Waals surface area contributed by atoms with Crippen LogP contribution in [0.4, 0.5) is 5.69 Å². The quantitative estimate of drug-likeness (QED) is 0.854. The maximum Gasteiger partial charge on any atom is 0.224 e. The van der Waals surface area contributed by atoms with Crippen LogP contribution in [0.15, 0.2) is 18.2 Å². The molecule has 0 atom stereocenters. The molecule has 4 heteroatoms. The highest BCUT2D eigenvalue weighted by Gasteiger charge is 2.20. The third-order valence-electron chi connectivity index (χ3n) is 4.19. The molecule has 0 radical (unpaired) electrons. The van der Waals surface area contributed by atoms with E-state index in [0.717, 1.165) is 37.2 Å². The number of hydrogen-bond donors (Lipinski definition) is 0. The molecule has 21 heavy (non-hydrogen) atoms. The summed E-state index contributed by atoms with van der Waals surface area (Å²) >= 11 is 0. The monoisotopic (exact) mass is 288 g/mol. The summed E-state index contributed by atoms with van der Waals surface area (Å²) in [5, 5.41) is 0. The number of rotatable bonds is 4. The summed E-state index contributed by atoms with van der Waals surface area (Å²) in [7, 11) is 0. The van der Waals surface area contributed by atoms with Gasteiger partial charge in [0.1, 0.15) is 0 Å². The molecule has 2 amide bonds. The van der Waals surface area contributed by atoms with Gasteiger partial charge in [-0.25, -0.2) is 0 Å². The van der Waals surface area contributed by atoms with Gasteiger partial charge < -0.3 is 9.80 Å². The molecule has 1 heterocycles. The maximum atomic E-state index is 12.1. The Balaban J connectivity index is 2.03. The summed E-state index contributed by atoms with van der Waals surface area (Å²) in [5.41, 5.74) is 3.24. The van der Waals surface area contributed by atoms with Gasteiger partial charge in [-0.3, -0.25) is 9.59 Å². The van der Waals surface area contributed by atoms with Crippen LogP contribution in [0, 0.1) is 13.8 Å². The fourth-order valence-electron chi connectivity index (χ4n) is 2.69. The van der Waals surface area contributed by atoms with E-state index in [9.17, 15) is 9.59 Å². The van der Waals surface area contributed by atoms with Gasteiger partial charge in [0.15, 0.2) is 0 Å². The zero-order valence-electron chi connectivity index (χ0n) is 13.2. The van der Waals surface area contributed by atoms with Crippen molar-refractivity contribution < 1.29 is 9.59 Å². The zero-order valence-corrected chi connectivity index (χ0v) is 13.2. The van der Waals surface area contributed by atoms with E-state index in [4.69, 9.17) is 0 Å². The summed E-state index contributed by atoms with van der Waals surface area (Å²) < 4.78 is 0. The molecule has 0 aromatic heterocycles. The number of nitrogens with zero attached hydrogens (tertiary/aromatic N) is 2. The van der Waals surface area contributed by atoms with E-state index < -0.39 is 0 Å². The molecule has 1 fully saturated rings. The molecule has 1 aromatic rings. The number of hydrogen-bond acceptors (Lipinski definition) is 2. The molecular weight excluding hydrogens is 264 g/mol. The molecule has 0 bridgehead atoms. The Labute approximate surface area is 126 Å². The summed E-state index contributed by atoms with van der Waals surface area (Å²) in [6.45, 7) is 7.81. The Hall–Kier alpha value is -1.84. The van der Waals surface area contributed by atoms with Crippen LogP contribution in [0.2, 0.25) is 0 Å². The minimum atomic E-state index is -0.0209. The second-order valence-electron chi connectivity index (χ2n) is 5.78. The summed E-state index contributed by atoms with van der Waals surface area (Å²) in [6.07, 6.45) is 2.59. The number of carbonyl (C=O) groups is 2. The Morgan fingerprint density at radius 1 is 1.14 bits per heavy atom. The van der Waals surface area contributed by atoms with Gasteiger partial charge in [-0.15, -0.1) is 0 Å². The summed E-state index contributed by atoms with van der Waals surface area (Å²) in [4.78, 5) is 27.6. The summed E-state index contributed by atoms with van der Waals surface area (Å²) in [5.74, 6) is 0.134. The van der Waals surface area contributed by atoms with Crippen molar-refractivity contribution in [3.8, 4) is 0 Å². The van der Waals surface area contributed by atoms with Crippen LogP contribution >= 0.6 is 0 Å². The molecule has 1 aromatic carbocycles. The number of likely N-dealkylation sites (tertiary alicyclic amines) is 1. The molecule has 0 spiro atoms. The lowest BCUT2D eigenvalue weighted by Gasteiger charge is -2.23. The number of carbonyl (C=O) groups excluding carboxylic acids is 2. The first-order chi connectivity index (χ1) is 9.99. The van der Waals surface area contributed by atoms with E-state index in [-0.39, 0.29) is 11.8 Å². The number of aryl methyl sites for hydroxylation is 2. The average Bonchev–Trinajstić information content (AvgIpc) is 2.96. The van der Waals surface area contributed by atoms with Crippen LogP contribution in [-0.4, -0.2) is 36.3 Å². The molecular formula is C17H24N2O2. The van der Waals surface area contributed by atoms with Crippen LogP contribution in [0.5, 0.6) is 0 Å². The largest absolute Gasteiger partial charge is 0.343 e. The van der Waals surface area contributed by atoms with E-state index in [1.165, 1.54) is 5.56 Å². The van der Waals surface area contributed by atoms with Crippen molar-refractivity contribution in [1.29, 1.82) is 0 Å². The number of amides is 2. The SMILES string of the molecule is CC(=O)N(CCC(=O)N1CCCC1)c1ccc(C)c(C)c1. The lowest BCUT2D eigenvalue weighted by atomic mass is 10.1. The van der Waals surface area contributed by atoms with Crippen molar-refractivity contribution >= 4 is 17.5 Å². The predicted octanol–water partition coefficient (Wildman–Crippen LogP) is 2.67. The number of benzene rings is 1. The van der Waals surface area contributed by atoms with Gasteiger partial charge in [0.25, 0.3) is 0 Å². The molecule has 1 aliphatic rings. The van der Waals surface area contributed by atoms with Crippen molar-refractivity contribution in [1.82, 2.24) is 4.90 Å². The van der Waals surface area contributed by atoms with Gasteiger partial charge in [-0.05, 0) is 49.9 Å². The van der Waals surface area contributed by atoms with Crippen LogP contribution in [0.3, 0.4) is 0 Å². The van der Waals surface area contributed by atoms with Gasteiger partial charge in [0.05, 0.1) is 0 Å². The van der Waals surface area contributed by atoms with Crippen molar-refractivity contribution in [3.05, 3.63) is 29.3 Å². The molecule has 2 rings (SSSR count). The van der Waals surface area contributed by atoms with E-state index in [2.05, 4.69) is 0 Å². The van der Waals surface area contributed by atoms with Gasteiger partial charge in [0.2, 0.25) is 11.8 Å². The minimum Gasteiger partial charge on any atom is -0.343 e. The van der Waals surface area contributed by atoms with E-state index >= 15 is 0 Å². The molecule has 0 N–H and O–H groups in total. The minimum absolute atomic E-state index is 0.0209. The first-order valence-electron chi connectivity index (χ1n) is 7.62. The molecule has 0 unspecified atom stereocenters. The van der Waals surface area contributed by atoms with Crippen LogP contribution < -0.4 is 4.90 Å².